The van der Waals surface area contributed by atoms with E-state index in [0.29, 0.717) is 17.7 Å². The van der Waals surface area contributed by atoms with Crippen LogP contribution >= 0.6 is 0 Å². The lowest BCUT2D eigenvalue weighted by Crippen LogP contribution is -2.52. The van der Waals surface area contributed by atoms with Gasteiger partial charge in [0, 0.05) is 30.6 Å². The fourth-order valence-corrected chi connectivity index (χ4v) is 4.64. The summed E-state index contributed by atoms with van der Waals surface area (Å²) in [7, 11) is 0. The zero-order chi connectivity index (χ0) is 13.7. The molecule has 3 fully saturated rings. The van der Waals surface area contributed by atoms with Gasteiger partial charge in [-0.1, -0.05) is 26.2 Å². The molecule has 19 heavy (non-hydrogen) atoms. The van der Waals surface area contributed by atoms with Crippen LogP contribution in [0, 0.1) is 17.3 Å². The quantitative estimate of drug-likeness (QED) is 0.789. The Hall–Kier alpha value is -0.570. The van der Waals surface area contributed by atoms with Crippen molar-refractivity contribution in [1.82, 2.24) is 10.2 Å². The van der Waals surface area contributed by atoms with Crippen LogP contribution in [0.4, 0.5) is 0 Å². The predicted octanol–water partition coefficient (Wildman–Crippen LogP) is 2.41. The molecule has 2 atom stereocenters. The molecule has 2 aliphatic heterocycles. The van der Waals surface area contributed by atoms with E-state index in [2.05, 4.69) is 31.0 Å². The van der Waals surface area contributed by atoms with Crippen molar-refractivity contribution in [2.24, 2.45) is 17.3 Å². The normalized spacial score (nSPS) is 36.3. The van der Waals surface area contributed by atoms with Gasteiger partial charge in [0.15, 0.2) is 0 Å². The number of nitrogens with one attached hydrogen (secondary N) is 1. The zero-order valence-electron chi connectivity index (χ0n) is 12.7. The molecule has 1 amide bonds. The van der Waals surface area contributed by atoms with E-state index >= 15 is 0 Å². The van der Waals surface area contributed by atoms with Crippen LogP contribution in [0.2, 0.25) is 0 Å². The third-order valence-electron chi connectivity index (χ3n) is 6.08. The van der Waals surface area contributed by atoms with Crippen LogP contribution in [0.25, 0.3) is 0 Å². The lowest BCUT2D eigenvalue weighted by molar-refractivity contribution is -0.147. The molecule has 2 unspecified atom stereocenters. The highest BCUT2D eigenvalue weighted by Crippen LogP contribution is 2.45. The molecule has 3 rings (SSSR count). The van der Waals surface area contributed by atoms with Crippen molar-refractivity contribution in [3.8, 4) is 0 Å². The molecule has 2 heterocycles. The Bertz CT molecular complexity index is 371. The van der Waals surface area contributed by atoms with Gasteiger partial charge >= 0.3 is 0 Å². The molecule has 1 saturated carbocycles. The van der Waals surface area contributed by atoms with Gasteiger partial charge in [0.25, 0.3) is 0 Å². The Labute approximate surface area is 117 Å². The summed E-state index contributed by atoms with van der Waals surface area (Å²) < 4.78 is 0. The van der Waals surface area contributed by atoms with Crippen LogP contribution in [0.3, 0.4) is 0 Å². The molecule has 1 N–H and O–H groups in total. The second kappa shape index (κ2) is 4.47. The highest BCUT2D eigenvalue weighted by molar-refractivity contribution is 5.83. The molecule has 0 aromatic heterocycles. The molecule has 0 aromatic rings. The average Bonchev–Trinajstić information content (AvgIpc) is 2.92. The standard InChI is InChI=1S/C16H28N2O/c1-15(2)13-10-17-9-12(13)11-18(15)14(19)16(3)7-5-4-6-8-16/h12-13,17H,4-11H2,1-3H3. The Morgan fingerprint density at radius 2 is 1.79 bits per heavy atom. The lowest BCUT2D eigenvalue weighted by atomic mass is 9.74. The summed E-state index contributed by atoms with van der Waals surface area (Å²) in [5, 5.41) is 3.49. The highest BCUT2D eigenvalue weighted by Gasteiger charge is 2.53. The van der Waals surface area contributed by atoms with Gasteiger partial charge in [0.05, 0.1) is 0 Å². The number of rotatable bonds is 1. The molecule has 2 saturated heterocycles. The van der Waals surface area contributed by atoms with E-state index in [9.17, 15) is 4.79 Å². The number of carbonyl (C=O) groups is 1. The van der Waals surface area contributed by atoms with Gasteiger partial charge in [0.2, 0.25) is 5.91 Å². The van der Waals surface area contributed by atoms with Crippen molar-refractivity contribution in [3.05, 3.63) is 0 Å². The predicted molar refractivity (Wildman–Crippen MR) is 76.8 cm³/mol. The Kier molecular flexibility index (Phi) is 3.16. The van der Waals surface area contributed by atoms with Crippen molar-refractivity contribution in [2.45, 2.75) is 58.4 Å². The van der Waals surface area contributed by atoms with Gasteiger partial charge in [-0.2, -0.15) is 0 Å². The smallest absolute Gasteiger partial charge is 0.228 e. The van der Waals surface area contributed by atoms with Crippen molar-refractivity contribution >= 4 is 5.91 Å². The first kappa shape index (κ1) is 13.4. The number of amides is 1. The monoisotopic (exact) mass is 264 g/mol. The van der Waals surface area contributed by atoms with Crippen molar-refractivity contribution in [1.29, 1.82) is 0 Å². The first-order valence-corrected chi connectivity index (χ1v) is 7.98. The maximum atomic E-state index is 13.1. The fourth-order valence-electron chi connectivity index (χ4n) is 4.64. The molecular weight excluding hydrogens is 236 g/mol. The van der Waals surface area contributed by atoms with E-state index in [1.165, 1.54) is 19.3 Å². The molecule has 3 aliphatic rings. The molecule has 0 aromatic carbocycles. The summed E-state index contributed by atoms with van der Waals surface area (Å²) in [6.07, 6.45) is 5.94. The second-order valence-corrected chi connectivity index (χ2v) is 7.72. The minimum absolute atomic E-state index is 0.0334. The van der Waals surface area contributed by atoms with E-state index in [-0.39, 0.29) is 11.0 Å². The van der Waals surface area contributed by atoms with Gasteiger partial charge in [0.1, 0.15) is 0 Å². The van der Waals surface area contributed by atoms with E-state index in [4.69, 9.17) is 0 Å². The largest absolute Gasteiger partial charge is 0.336 e. The van der Waals surface area contributed by atoms with Gasteiger partial charge in [-0.25, -0.2) is 0 Å². The van der Waals surface area contributed by atoms with Crippen LogP contribution in [0.15, 0.2) is 0 Å². The van der Waals surface area contributed by atoms with Crippen molar-refractivity contribution < 1.29 is 4.79 Å². The van der Waals surface area contributed by atoms with Crippen molar-refractivity contribution in [2.75, 3.05) is 19.6 Å². The van der Waals surface area contributed by atoms with Crippen molar-refractivity contribution in [3.63, 3.8) is 0 Å². The molecular formula is C16H28N2O. The summed E-state index contributed by atoms with van der Waals surface area (Å²) in [5.74, 6) is 1.75. The van der Waals surface area contributed by atoms with Crippen LogP contribution in [-0.2, 0) is 4.79 Å². The van der Waals surface area contributed by atoms with Gasteiger partial charge in [-0.15, -0.1) is 0 Å². The van der Waals surface area contributed by atoms with E-state index in [1.807, 2.05) is 0 Å². The number of nitrogens with zero attached hydrogens (tertiary/aromatic N) is 1. The fraction of sp³-hybridized carbons (Fsp3) is 0.938. The van der Waals surface area contributed by atoms with Crippen LogP contribution in [0.1, 0.15) is 52.9 Å². The Morgan fingerprint density at radius 1 is 1.11 bits per heavy atom. The van der Waals surface area contributed by atoms with Gasteiger partial charge in [-0.3, -0.25) is 4.79 Å². The molecule has 0 spiro atoms. The molecule has 0 bridgehead atoms. The van der Waals surface area contributed by atoms with E-state index < -0.39 is 0 Å². The maximum absolute atomic E-state index is 13.1. The van der Waals surface area contributed by atoms with Crippen LogP contribution in [0.5, 0.6) is 0 Å². The number of likely N-dealkylation sites (tertiary alicyclic amines) is 1. The number of carbonyl (C=O) groups excluding carboxylic acids is 1. The Morgan fingerprint density at radius 3 is 2.42 bits per heavy atom. The van der Waals surface area contributed by atoms with Crippen LogP contribution in [-0.4, -0.2) is 36.0 Å². The van der Waals surface area contributed by atoms with E-state index in [0.717, 1.165) is 32.5 Å². The molecule has 0 radical (unpaired) electrons. The third-order valence-corrected chi connectivity index (χ3v) is 6.08. The summed E-state index contributed by atoms with van der Waals surface area (Å²) in [4.78, 5) is 15.3. The topological polar surface area (TPSA) is 32.3 Å². The lowest BCUT2D eigenvalue weighted by Gasteiger charge is -2.42. The van der Waals surface area contributed by atoms with E-state index in [1.54, 1.807) is 0 Å². The average molecular weight is 264 g/mol. The molecule has 3 nitrogen and oxygen atoms in total. The summed E-state index contributed by atoms with van der Waals surface area (Å²) in [6, 6.07) is 0. The minimum atomic E-state index is -0.0818. The Balaban J connectivity index is 1.80. The number of hydrogen-bond donors (Lipinski definition) is 1. The minimum Gasteiger partial charge on any atom is -0.336 e. The molecule has 108 valence electrons. The first-order chi connectivity index (χ1) is 8.95. The van der Waals surface area contributed by atoms with Crippen LogP contribution < -0.4 is 5.32 Å². The zero-order valence-corrected chi connectivity index (χ0v) is 12.7. The maximum Gasteiger partial charge on any atom is 0.228 e. The highest BCUT2D eigenvalue weighted by atomic mass is 16.2. The summed E-state index contributed by atoms with van der Waals surface area (Å²) >= 11 is 0. The molecule has 1 aliphatic carbocycles. The van der Waals surface area contributed by atoms with Gasteiger partial charge < -0.3 is 10.2 Å². The second-order valence-electron chi connectivity index (χ2n) is 7.72. The first-order valence-electron chi connectivity index (χ1n) is 7.98. The molecule has 3 heteroatoms. The SMILES string of the molecule is CC1(C(=O)N2CC3CNCC3C2(C)C)CCCCC1. The summed E-state index contributed by atoms with van der Waals surface area (Å²) in [6.45, 7) is 9.90. The number of fused-ring (bicyclic) bond motifs is 1. The third kappa shape index (κ3) is 2.01. The van der Waals surface area contributed by atoms with Gasteiger partial charge in [-0.05, 0) is 38.5 Å². The summed E-state index contributed by atoms with van der Waals surface area (Å²) in [5.41, 5.74) is -0.0483. The number of hydrogen-bond acceptors (Lipinski definition) is 2.